The molecule has 0 saturated carbocycles. The highest BCUT2D eigenvalue weighted by Gasteiger charge is 2.29. The van der Waals surface area contributed by atoms with Gasteiger partial charge in [-0.15, -0.1) is 0 Å². The van der Waals surface area contributed by atoms with Gasteiger partial charge < -0.3 is 10.6 Å². The number of anilines is 3. The van der Waals surface area contributed by atoms with Crippen LogP contribution in [0.2, 0.25) is 0 Å². The van der Waals surface area contributed by atoms with Crippen molar-refractivity contribution < 1.29 is 18.0 Å². The number of carbonyl (C=O) groups is 2. The predicted octanol–water partition coefficient (Wildman–Crippen LogP) is 2.44. The number of nitrogens with zero attached hydrogens (tertiary/aromatic N) is 1. The van der Waals surface area contributed by atoms with Gasteiger partial charge in [-0.05, 0) is 37.3 Å². The fraction of sp³-hybridized carbons (Fsp3) is 0.222. The van der Waals surface area contributed by atoms with Crippen LogP contribution in [0.5, 0.6) is 0 Å². The molecule has 0 saturated heterocycles. The Balaban J connectivity index is 2.23. The summed E-state index contributed by atoms with van der Waals surface area (Å²) in [7, 11) is -3.66. The average molecular weight is 375 g/mol. The summed E-state index contributed by atoms with van der Waals surface area (Å²) < 4.78 is 25.5. The van der Waals surface area contributed by atoms with E-state index in [0.29, 0.717) is 17.1 Å². The molecule has 0 heterocycles. The van der Waals surface area contributed by atoms with E-state index in [1.807, 2.05) is 0 Å². The van der Waals surface area contributed by atoms with E-state index in [1.54, 1.807) is 54.6 Å². The molecule has 138 valence electrons. The second kappa shape index (κ2) is 8.01. The van der Waals surface area contributed by atoms with Crippen molar-refractivity contribution in [2.75, 3.05) is 21.2 Å². The van der Waals surface area contributed by atoms with Gasteiger partial charge in [-0.1, -0.05) is 24.3 Å². The number of rotatable bonds is 6. The van der Waals surface area contributed by atoms with Gasteiger partial charge in [0.15, 0.2) is 0 Å². The van der Waals surface area contributed by atoms with Crippen LogP contribution in [0.1, 0.15) is 13.8 Å². The van der Waals surface area contributed by atoms with Crippen LogP contribution in [0.4, 0.5) is 17.1 Å². The highest BCUT2D eigenvalue weighted by molar-refractivity contribution is 7.92. The summed E-state index contributed by atoms with van der Waals surface area (Å²) in [6.45, 7) is 2.90. The molecular weight excluding hydrogens is 354 g/mol. The normalized spacial score (nSPS) is 12.1. The monoisotopic (exact) mass is 375 g/mol. The minimum absolute atomic E-state index is 0.228. The lowest BCUT2D eigenvalue weighted by Crippen LogP contribution is -2.45. The van der Waals surface area contributed by atoms with Crippen LogP contribution in [0.15, 0.2) is 54.6 Å². The first kappa shape index (κ1) is 19.5. The van der Waals surface area contributed by atoms with Crippen LogP contribution in [0.3, 0.4) is 0 Å². The molecule has 0 bridgehead atoms. The van der Waals surface area contributed by atoms with Gasteiger partial charge in [0.25, 0.3) is 0 Å². The molecule has 2 aromatic rings. The highest BCUT2D eigenvalue weighted by atomic mass is 32.2. The Labute approximate surface area is 153 Å². The molecule has 0 aliphatic rings. The number of benzene rings is 2. The third-order valence-electron chi connectivity index (χ3n) is 3.55. The third kappa shape index (κ3) is 5.06. The molecule has 0 aromatic heterocycles. The SMILES string of the molecule is CC(=O)Nc1cccc(NC(=O)[C@H](C)N(c2ccccc2)S(C)(=O)=O)c1. The predicted molar refractivity (Wildman–Crippen MR) is 103 cm³/mol. The summed E-state index contributed by atoms with van der Waals surface area (Å²) in [5, 5.41) is 5.31. The minimum atomic E-state index is -3.66. The smallest absolute Gasteiger partial charge is 0.247 e. The first-order valence-electron chi connectivity index (χ1n) is 7.91. The maximum absolute atomic E-state index is 12.6. The molecule has 0 aliphatic heterocycles. The topological polar surface area (TPSA) is 95.6 Å². The van der Waals surface area contributed by atoms with Crippen molar-refractivity contribution in [3.05, 3.63) is 54.6 Å². The summed E-state index contributed by atoms with van der Waals surface area (Å²) in [6.07, 6.45) is 1.06. The lowest BCUT2D eigenvalue weighted by atomic mass is 10.2. The molecule has 0 unspecified atom stereocenters. The van der Waals surface area contributed by atoms with Crippen molar-refractivity contribution in [2.24, 2.45) is 0 Å². The molecule has 2 N–H and O–H groups in total. The Morgan fingerprint density at radius 2 is 1.54 bits per heavy atom. The fourth-order valence-corrected chi connectivity index (χ4v) is 3.68. The molecule has 0 spiro atoms. The van der Waals surface area contributed by atoms with Crippen LogP contribution in [-0.4, -0.2) is 32.5 Å². The van der Waals surface area contributed by atoms with E-state index in [-0.39, 0.29) is 5.91 Å². The van der Waals surface area contributed by atoms with Crippen molar-refractivity contribution in [1.82, 2.24) is 0 Å². The van der Waals surface area contributed by atoms with Gasteiger partial charge in [0.1, 0.15) is 6.04 Å². The Kier molecular flexibility index (Phi) is 5.99. The summed E-state index contributed by atoms with van der Waals surface area (Å²) in [5.74, 6) is -0.714. The summed E-state index contributed by atoms with van der Waals surface area (Å²) in [4.78, 5) is 23.7. The van der Waals surface area contributed by atoms with E-state index in [4.69, 9.17) is 0 Å². The number of sulfonamides is 1. The first-order chi connectivity index (χ1) is 12.2. The molecule has 2 rings (SSSR count). The Hall–Kier alpha value is -2.87. The molecule has 0 fully saturated rings. The van der Waals surface area contributed by atoms with Crippen LogP contribution in [0, 0.1) is 0 Å². The molecule has 2 aromatic carbocycles. The quantitative estimate of drug-likeness (QED) is 0.811. The van der Waals surface area contributed by atoms with E-state index >= 15 is 0 Å². The molecule has 0 aliphatic carbocycles. The summed E-state index contributed by atoms with van der Waals surface area (Å²) >= 11 is 0. The van der Waals surface area contributed by atoms with Gasteiger partial charge >= 0.3 is 0 Å². The van der Waals surface area contributed by atoms with Crippen LogP contribution >= 0.6 is 0 Å². The molecular formula is C18H21N3O4S. The largest absolute Gasteiger partial charge is 0.326 e. The number of carbonyl (C=O) groups excluding carboxylic acids is 2. The van der Waals surface area contributed by atoms with Crippen molar-refractivity contribution in [1.29, 1.82) is 0 Å². The molecule has 1 atom stereocenters. The Morgan fingerprint density at radius 3 is 2.08 bits per heavy atom. The van der Waals surface area contributed by atoms with Crippen LogP contribution in [-0.2, 0) is 19.6 Å². The lowest BCUT2D eigenvalue weighted by molar-refractivity contribution is -0.117. The maximum Gasteiger partial charge on any atom is 0.247 e. The van der Waals surface area contributed by atoms with E-state index in [1.165, 1.54) is 13.8 Å². The lowest BCUT2D eigenvalue weighted by Gasteiger charge is -2.28. The van der Waals surface area contributed by atoms with E-state index in [9.17, 15) is 18.0 Å². The second-order valence-electron chi connectivity index (χ2n) is 5.82. The Bertz CT molecular complexity index is 898. The van der Waals surface area contributed by atoms with Gasteiger partial charge in [-0.25, -0.2) is 8.42 Å². The highest BCUT2D eigenvalue weighted by Crippen LogP contribution is 2.22. The van der Waals surface area contributed by atoms with Crippen molar-refractivity contribution >= 4 is 38.9 Å². The number of para-hydroxylation sites is 1. The zero-order chi connectivity index (χ0) is 19.3. The first-order valence-corrected chi connectivity index (χ1v) is 9.76. The number of hydrogen-bond donors (Lipinski definition) is 2. The summed E-state index contributed by atoms with van der Waals surface area (Å²) in [6, 6.07) is 14.1. The molecule has 8 heteroatoms. The van der Waals surface area contributed by atoms with Gasteiger partial charge in [0.2, 0.25) is 21.8 Å². The van der Waals surface area contributed by atoms with Crippen molar-refractivity contribution in [3.8, 4) is 0 Å². The molecule has 7 nitrogen and oxygen atoms in total. The fourth-order valence-electron chi connectivity index (χ4n) is 2.51. The molecule has 2 amide bonds. The van der Waals surface area contributed by atoms with Gasteiger partial charge in [-0.3, -0.25) is 13.9 Å². The molecule has 0 radical (unpaired) electrons. The van der Waals surface area contributed by atoms with Crippen LogP contribution in [0.25, 0.3) is 0 Å². The van der Waals surface area contributed by atoms with Gasteiger partial charge in [0, 0.05) is 18.3 Å². The minimum Gasteiger partial charge on any atom is -0.326 e. The van der Waals surface area contributed by atoms with Gasteiger partial charge in [-0.2, -0.15) is 0 Å². The van der Waals surface area contributed by atoms with E-state index < -0.39 is 22.0 Å². The maximum atomic E-state index is 12.6. The number of amides is 2. The third-order valence-corrected chi connectivity index (χ3v) is 4.79. The second-order valence-corrected chi connectivity index (χ2v) is 7.68. The average Bonchev–Trinajstić information content (AvgIpc) is 2.54. The van der Waals surface area contributed by atoms with E-state index in [0.717, 1.165) is 10.6 Å². The Morgan fingerprint density at radius 1 is 0.962 bits per heavy atom. The van der Waals surface area contributed by atoms with Crippen molar-refractivity contribution in [2.45, 2.75) is 19.9 Å². The standard InChI is InChI=1S/C18H21N3O4S/c1-13(21(26(3,24)25)17-10-5-4-6-11-17)18(23)20-16-9-7-8-15(12-16)19-14(2)22/h4-13H,1-3H3,(H,19,22)(H,20,23)/t13-/m0/s1. The number of hydrogen-bond acceptors (Lipinski definition) is 4. The van der Waals surface area contributed by atoms with Gasteiger partial charge in [0.05, 0.1) is 11.9 Å². The zero-order valence-electron chi connectivity index (χ0n) is 14.8. The van der Waals surface area contributed by atoms with Crippen molar-refractivity contribution in [3.63, 3.8) is 0 Å². The van der Waals surface area contributed by atoms with E-state index in [2.05, 4.69) is 10.6 Å². The summed E-state index contributed by atoms with van der Waals surface area (Å²) in [5.41, 5.74) is 1.39. The zero-order valence-corrected chi connectivity index (χ0v) is 15.6. The number of nitrogens with one attached hydrogen (secondary N) is 2. The molecule has 26 heavy (non-hydrogen) atoms. The van der Waals surface area contributed by atoms with Crippen LogP contribution < -0.4 is 14.9 Å².